The molecule has 28 heavy (non-hydrogen) atoms. The molecule has 146 valence electrons. The van der Waals surface area contributed by atoms with Gasteiger partial charge in [-0.25, -0.2) is 9.59 Å². The van der Waals surface area contributed by atoms with Gasteiger partial charge >= 0.3 is 11.9 Å². The van der Waals surface area contributed by atoms with Gasteiger partial charge in [-0.15, -0.1) is 0 Å². The highest BCUT2D eigenvalue weighted by molar-refractivity contribution is 9.10. The summed E-state index contributed by atoms with van der Waals surface area (Å²) >= 11 is 3.31. The normalized spacial score (nSPS) is 12.1. The number of benzene rings is 2. The van der Waals surface area contributed by atoms with E-state index in [1.54, 1.807) is 49.4 Å². The summed E-state index contributed by atoms with van der Waals surface area (Å²) in [6.45, 7) is 1.20. The Morgan fingerprint density at radius 1 is 1.14 bits per heavy atom. The van der Waals surface area contributed by atoms with Crippen molar-refractivity contribution in [3.8, 4) is 0 Å². The molecular weight excluding hydrogens is 430 g/mol. The zero-order valence-corrected chi connectivity index (χ0v) is 16.6. The van der Waals surface area contributed by atoms with Gasteiger partial charge in [0.1, 0.15) is 0 Å². The van der Waals surface area contributed by atoms with Crippen LogP contribution in [0.25, 0.3) is 0 Å². The lowest BCUT2D eigenvalue weighted by Crippen LogP contribution is -2.18. The Morgan fingerprint density at radius 3 is 2.36 bits per heavy atom. The predicted molar refractivity (Wildman–Crippen MR) is 105 cm³/mol. The fraction of sp³-hybridized carbons (Fsp3) is 0.200. The highest BCUT2D eigenvalue weighted by Crippen LogP contribution is 2.23. The lowest BCUT2D eigenvalue weighted by Gasteiger charge is -2.13. The van der Waals surface area contributed by atoms with Gasteiger partial charge in [0, 0.05) is 9.40 Å². The molecule has 0 bridgehead atoms. The molecule has 0 spiro atoms. The van der Waals surface area contributed by atoms with Crippen molar-refractivity contribution >= 4 is 27.9 Å². The second kappa shape index (κ2) is 10.4. The zero-order valence-electron chi connectivity index (χ0n) is 15.0. The second-order valence-corrected chi connectivity index (χ2v) is 6.60. The van der Waals surface area contributed by atoms with Crippen LogP contribution >= 0.6 is 15.9 Å². The van der Waals surface area contributed by atoms with E-state index >= 15 is 0 Å². The highest BCUT2D eigenvalue weighted by Gasteiger charge is 2.23. The molecule has 2 rings (SSSR count). The topological polar surface area (TPSA) is 95.7 Å². The van der Waals surface area contributed by atoms with Gasteiger partial charge in [0.15, 0.2) is 0 Å². The van der Waals surface area contributed by atoms with E-state index in [0.29, 0.717) is 5.56 Å². The summed E-state index contributed by atoms with van der Waals surface area (Å²) in [6, 6.07) is 15.0. The maximum absolute atomic E-state index is 12.3. The molecule has 2 aromatic carbocycles. The van der Waals surface area contributed by atoms with Crippen LogP contribution in [-0.2, 0) is 14.3 Å². The van der Waals surface area contributed by atoms with E-state index in [4.69, 9.17) is 9.47 Å². The van der Waals surface area contributed by atoms with Gasteiger partial charge in [-0.1, -0.05) is 46.3 Å². The Kier molecular flexibility index (Phi) is 7.88. The van der Waals surface area contributed by atoms with E-state index in [1.807, 2.05) is 0 Å². The molecule has 0 saturated heterocycles. The number of carbonyl (C=O) groups is 2. The Bertz CT molecular complexity index is 864. The van der Waals surface area contributed by atoms with Crippen molar-refractivity contribution in [1.29, 1.82) is 0 Å². The molecule has 2 aromatic rings. The molecular formula is C20H18BrNO6. The van der Waals surface area contributed by atoms with Gasteiger partial charge in [-0.3, -0.25) is 10.1 Å². The van der Waals surface area contributed by atoms with Crippen LogP contribution in [0.3, 0.4) is 0 Å². The van der Waals surface area contributed by atoms with Gasteiger partial charge in [0.05, 0.1) is 18.1 Å². The molecule has 7 nitrogen and oxygen atoms in total. The molecule has 0 unspecified atom stereocenters. The lowest BCUT2D eigenvalue weighted by atomic mass is 9.98. The third kappa shape index (κ3) is 6.31. The number of halogens is 1. The van der Waals surface area contributed by atoms with Crippen molar-refractivity contribution in [2.24, 2.45) is 0 Å². The number of carbonyl (C=O) groups excluding carboxylic acids is 2. The molecule has 0 aromatic heterocycles. The van der Waals surface area contributed by atoms with E-state index in [-0.39, 0.29) is 17.9 Å². The van der Waals surface area contributed by atoms with Crippen LogP contribution in [0.5, 0.6) is 0 Å². The molecule has 1 atom stereocenters. The number of hydrogen-bond donors (Lipinski definition) is 0. The lowest BCUT2D eigenvalue weighted by molar-refractivity contribution is -0.481. The van der Waals surface area contributed by atoms with Crippen molar-refractivity contribution < 1.29 is 24.0 Å². The monoisotopic (exact) mass is 447 g/mol. The van der Waals surface area contributed by atoms with Crippen LogP contribution in [0.1, 0.15) is 28.8 Å². The molecule has 0 aliphatic heterocycles. The van der Waals surface area contributed by atoms with E-state index in [9.17, 15) is 19.7 Å². The smallest absolute Gasteiger partial charge is 0.374 e. The second-order valence-electron chi connectivity index (χ2n) is 5.68. The number of ether oxygens (including phenoxy) is 2. The molecule has 0 aliphatic carbocycles. The third-order valence-corrected chi connectivity index (χ3v) is 4.21. The third-order valence-electron chi connectivity index (χ3n) is 3.69. The summed E-state index contributed by atoms with van der Waals surface area (Å²) in [7, 11) is 0. The van der Waals surface area contributed by atoms with E-state index in [1.165, 1.54) is 18.2 Å². The SMILES string of the molecule is CCOC(=O)/C(=C/[C@@H](C[N+](=O)[O-])c1ccc(Br)cc1)OC(=O)c1ccccc1. The van der Waals surface area contributed by atoms with Crippen molar-refractivity contribution in [1.82, 2.24) is 0 Å². The van der Waals surface area contributed by atoms with Crippen LogP contribution in [0.15, 0.2) is 70.9 Å². The minimum Gasteiger partial charge on any atom is -0.460 e. The van der Waals surface area contributed by atoms with Gasteiger partial charge < -0.3 is 9.47 Å². The van der Waals surface area contributed by atoms with Crippen LogP contribution in [-0.4, -0.2) is 30.0 Å². The van der Waals surface area contributed by atoms with Crippen molar-refractivity contribution in [2.75, 3.05) is 13.2 Å². The molecule has 0 saturated carbocycles. The number of hydrogen-bond acceptors (Lipinski definition) is 6. The standard InChI is InChI=1S/C20H18BrNO6/c1-2-27-20(24)18(28-19(23)15-6-4-3-5-7-15)12-16(13-22(25)26)14-8-10-17(21)11-9-14/h3-12,16H,2,13H2,1H3/b18-12-/t16-/m0/s1. The molecule has 0 radical (unpaired) electrons. The molecule has 0 aliphatic rings. The molecule has 0 amide bonds. The Hall–Kier alpha value is -3.00. The summed E-state index contributed by atoms with van der Waals surface area (Å²) in [4.78, 5) is 35.2. The Balaban J connectivity index is 2.38. The first-order chi connectivity index (χ1) is 13.4. The number of esters is 2. The first-order valence-electron chi connectivity index (χ1n) is 8.44. The summed E-state index contributed by atoms with van der Waals surface area (Å²) in [6.07, 6.45) is 1.25. The van der Waals surface area contributed by atoms with Gasteiger partial charge in [0.25, 0.3) is 0 Å². The largest absolute Gasteiger partial charge is 0.460 e. The van der Waals surface area contributed by atoms with Crippen LogP contribution in [0, 0.1) is 10.1 Å². The van der Waals surface area contributed by atoms with E-state index in [0.717, 1.165) is 4.47 Å². The predicted octanol–water partition coefficient (Wildman–Crippen LogP) is 4.11. The van der Waals surface area contributed by atoms with Crippen molar-refractivity contribution in [3.63, 3.8) is 0 Å². The Labute approximate surface area is 170 Å². The molecule has 0 fully saturated rings. The van der Waals surface area contributed by atoms with Gasteiger partial charge in [0.2, 0.25) is 12.3 Å². The summed E-state index contributed by atoms with van der Waals surface area (Å²) in [5, 5.41) is 11.1. The molecule has 0 heterocycles. The first-order valence-corrected chi connectivity index (χ1v) is 9.23. The highest BCUT2D eigenvalue weighted by atomic mass is 79.9. The fourth-order valence-electron chi connectivity index (χ4n) is 2.39. The quantitative estimate of drug-likeness (QED) is 0.198. The zero-order chi connectivity index (χ0) is 20.5. The number of rotatable bonds is 8. The average molecular weight is 448 g/mol. The summed E-state index contributed by atoms with van der Waals surface area (Å²) in [5.41, 5.74) is 0.838. The minimum atomic E-state index is -0.864. The summed E-state index contributed by atoms with van der Waals surface area (Å²) in [5.74, 6) is -2.79. The maximum atomic E-state index is 12.3. The van der Waals surface area contributed by atoms with E-state index in [2.05, 4.69) is 15.9 Å². The number of nitrogens with zero attached hydrogens (tertiary/aromatic N) is 1. The molecule has 8 heteroatoms. The Morgan fingerprint density at radius 2 is 1.79 bits per heavy atom. The maximum Gasteiger partial charge on any atom is 0.374 e. The fourth-order valence-corrected chi connectivity index (χ4v) is 2.65. The van der Waals surface area contributed by atoms with E-state index < -0.39 is 29.3 Å². The minimum absolute atomic E-state index is 0.0667. The average Bonchev–Trinajstić information content (AvgIpc) is 2.68. The van der Waals surface area contributed by atoms with Gasteiger partial charge in [-0.2, -0.15) is 0 Å². The van der Waals surface area contributed by atoms with Crippen LogP contribution in [0.4, 0.5) is 0 Å². The van der Waals surface area contributed by atoms with Gasteiger partial charge in [-0.05, 0) is 42.8 Å². The van der Waals surface area contributed by atoms with Crippen LogP contribution in [0.2, 0.25) is 0 Å². The molecule has 0 N–H and O–H groups in total. The first kappa shape index (κ1) is 21.3. The number of nitro groups is 1. The van der Waals surface area contributed by atoms with Crippen molar-refractivity contribution in [3.05, 3.63) is 92.1 Å². The summed E-state index contributed by atoms with van der Waals surface area (Å²) < 4.78 is 11.0. The van der Waals surface area contributed by atoms with Crippen LogP contribution < -0.4 is 0 Å². The van der Waals surface area contributed by atoms with Crippen molar-refractivity contribution in [2.45, 2.75) is 12.8 Å².